The van der Waals surface area contributed by atoms with E-state index in [-0.39, 0.29) is 16.7 Å². The maximum atomic E-state index is 11.0. The molecule has 0 radical (unpaired) electrons. The van der Waals surface area contributed by atoms with Gasteiger partial charge in [0.1, 0.15) is 0 Å². The van der Waals surface area contributed by atoms with Gasteiger partial charge in [-0.15, -0.1) is 0 Å². The molecule has 0 amide bonds. The van der Waals surface area contributed by atoms with Crippen molar-refractivity contribution in [3.8, 4) is 0 Å². The van der Waals surface area contributed by atoms with Crippen LogP contribution in [0.1, 0.15) is 18.5 Å². The van der Waals surface area contributed by atoms with Crippen molar-refractivity contribution in [2.45, 2.75) is 13.0 Å². The third kappa shape index (κ3) is 2.62. The van der Waals surface area contributed by atoms with E-state index in [9.17, 15) is 10.1 Å². The van der Waals surface area contributed by atoms with Crippen molar-refractivity contribution in [2.75, 3.05) is 26.2 Å². The number of nitro benzene ring substituents is 1. The van der Waals surface area contributed by atoms with Gasteiger partial charge in [0.05, 0.1) is 4.92 Å². The highest BCUT2D eigenvalue weighted by Gasteiger charge is 2.24. The Morgan fingerprint density at radius 2 is 2.00 bits per heavy atom. The van der Waals surface area contributed by atoms with Crippen LogP contribution in [0.25, 0.3) is 0 Å². The maximum Gasteiger partial charge on any atom is 0.274 e. The quantitative estimate of drug-likeness (QED) is 0.638. The van der Waals surface area contributed by atoms with Crippen molar-refractivity contribution >= 4 is 5.69 Å². The van der Waals surface area contributed by atoms with Crippen LogP contribution < -0.4 is 5.32 Å². The number of piperazine rings is 1. The highest BCUT2D eigenvalue weighted by atomic mass is 16.6. The van der Waals surface area contributed by atoms with Crippen LogP contribution in [0.4, 0.5) is 5.69 Å². The summed E-state index contributed by atoms with van der Waals surface area (Å²) in [5.74, 6) is 0. The third-order valence-corrected chi connectivity index (χ3v) is 3.28. The molecular weight excluding hydrogens is 218 g/mol. The van der Waals surface area contributed by atoms with Crippen LogP contribution in [0.15, 0.2) is 24.3 Å². The van der Waals surface area contributed by atoms with E-state index in [2.05, 4.69) is 10.2 Å². The minimum absolute atomic E-state index is 0.0960. The largest absolute Gasteiger partial charge is 0.314 e. The molecule has 0 bridgehead atoms. The van der Waals surface area contributed by atoms with E-state index in [0.717, 1.165) is 31.7 Å². The molecule has 0 aliphatic carbocycles. The van der Waals surface area contributed by atoms with Crippen LogP contribution >= 0.6 is 0 Å². The highest BCUT2D eigenvalue weighted by molar-refractivity contribution is 5.41. The first kappa shape index (κ1) is 12.0. The Morgan fingerprint density at radius 3 is 2.65 bits per heavy atom. The summed E-state index contributed by atoms with van der Waals surface area (Å²) in [4.78, 5) is 13.0. The lowest BCUT2D eigenvalue weighted by Crippen LogP contribution is -2.44. The minimum atomic E-state index is -0.298. The van der Waals surface area contributed by atoms with Gasteiger partial charge in [-0.3, -0.25) is 15.0 Å². The van der Waals surface area contributed by atoms with Crippen molar-refractivity contribution < 1.29 is 4.92 Å². The van der Waals surface area contributed by atoms with Crippen molar-refractivity contribution in [2.24, 2.45) is 0 Å². The van der Waals surface area contributed by atoms with Crippen LogP contribution in [0, 0.1) is 10.1 Å². The molecule has 92 valence electrons. The molecule has 1 atom stereocenters. The Balaban J connectivity index is 2.23. The molecule has 2 rings (SSSR count). The molecule has 1 aromatic rings. The standard InChI is InChI=1S/C12H17N3O2/c1-10(14-8-6-13-7-9-14)11-4-2-3-5-12(11)15(16)17/h2-5,10,13H,6-9H2,1H3/t10-/m1/s1. The van der Waals surface area contributed by atoms with E-state index in [1.807, 2.05) is 19.1 Å². The number of benzene rings is 1. The summed E-state index contributed by atoms with van der Waals surface area (Å²) in [5, 5.41) is 14.3. The van der Waals surface area contributed by atoms with Crippen LogP contribution in [-0.2, 0) is 0 Å². The summed E-state index contributed by atoms with van der Waals surface area (Å²) in [6, 6.07) is 7.10. The minimum Gasteiger partial charge on any atom is -0.314 e. The normalized spacial score (nSPS) is 18.9. The fourth-order valence-electron chi connectivity index (χ4n) is 2.27. The SMILES string of the molecule is C[C@H](c1ccccc1[N+](=O)[O-])N1CCNCC1. The van der Waals surface area contributed by atoms with Gasteiger partial charge in [0, 0.05) is 43.9 Å². The van der Waals surface area contributed by atoms with Gasteiger partial charge in [0.15, 0.2) is 0 Å². The molecule has 0 unspecified atom stereocenters. The number of hydrogen-bond acceptors (Lipinski definition) is 4. The van der Waals surface area contributed by atoms with Gasteiger partial charge in [-0.1, -0.05) is 18.2 Å². The molecular formula is C12H17N3O2. The Morgan fingerprint density at radius 1 is 1.35 bits per heavy atom. The zero-order valence-corrected chi connectivity index (χ0v) is 9.93. The zero-order chi connectivity index (χ0) is 12.3. The molecule has 1 N–H and O–H groups in total. The summed E-state index contributed by atoms with van der Waals surface area (Å²) in [5.41, 5.74) is 1.03. The molecule has 5 nitrogen and oxygen atoms in total. The Bertz CT molecular complexity index is 402. The number of hydrogen-bond donors (Lipinski definition) is 1. The first-order valence-electron chi connectivity index (χ1n) is 5.88. The fraction of sp³-hybridized carbons (Fsp3) is 0.500. The predicted molar refractivity (Wildman–Crippen MR) is 66.0 cm³/mol. The number of para-hydroxylation sites is 1. The number of rotatable bonds is 3. The van der Waals surface area contributed by atoms with Crippen LogP contribution in [0.3, 0.4) is 0 Å². The predicted octanol–water partition coefficient (Wildman–Crippen LogP) is 1.56. The van der Waals surface area contributed by atoms with E-state index in [0.29, 0.717) is 0 Å². The molecule has 0 saturated carbocycles. The summed E-state index contributed by atoms with van der Waals surface area (Å²) in [7, 11) is 0. The molecule has 1 aliphatic heterocycles. The van der Waals surface area contributed by atoms with Gasteiger partial charge < -0.3 is 5.32 Å². The summed E-state index contributed by atoms with van der Waals surface area (Å²) >= 11 is 0. The topological polar surface area (TPSA) is 58.4 Å². The third-order valence-electron chi connectivity index (χ3n) is 3.28. The molecule has 17 heavy (non-hydrogen) atoms. The van der Waals surface area contributed by atoms with E-state index >= 15 is 0 Å². The van der Waals surface area contributed by atoms with Crippen LogP contribution in [-0.4, -0.2) is 36.0 Å². The van der Waals surface area contributed by atoms with Crippen LogP contribution in [0.2, 0.25) is 0 Å². The molecule has 0 spiro atoms. The molecule has 1 heterocycles. The smallest absolute Gasteiger partial charge is 0.274 e. The molecule has 1 fully saturated rings. The number of nitrogens with one attached hydrogen (secondary N) is 1. The van der Waals surface area contributed by atoms with E-state index in [4.69, 9.17) is 0 Å². The monoisotopic (exact) mass is 235 g/mol. The summed E-state index contributed by atoms with van der Waals surface area (Å²) < 4.78 is 0. The van der Waals surface area contributed by atoms with Crippen LogP contribution in [0.5, 0.6) is 0 Å². The molecule has 0 aromatic heterocycles. The first-order chi connectivity index (χ1) is 8.20. The lowest BCUT2D eigenvalue weighted by molar-refractivity contribution is -0.386. The van der Waals surface area contributed by atoms with E-state index in [1.165, 1.54) is 0 Å². The Hall–Kier alpha value is -1.46. The van der Waals surface area contributed by atoms with Gasteiger partial charge in [0.2, 0.25) is 0 Å². The van der Waals surface area contributed by atoms with Crippen molar-refractivity contribution in [3.05, 3.63) is 39.9 Å². The van der Waals surface area contributed by atoms with E-state index < -0.39 is 0 Å². The van der Waals surface area contributed by atoms with Gasteiger partial charge in [0.25, 0.3) is 5.69 Å². The maximum absolute atomic E-state index is 11.0. The molecule has 1 aliphatic rings. The lowest BCUT2D eigenvalue weighted by atomic mass is 10.0. The van der Waals surface area contributed by atoms with E-state index in [1.54, 1.807) is 12.1 Å². The zero-order valence-electron chi connectivity index (χ0n) is 9.93. The van der Waals surface area contributed by atoms with Gasteiger partial charge >= 0.3 is 0 Å². The second-order valence-corrected chi connectivity index (χ2v) is 4.28. The van der Waals surface area contributed by atoms with Gasteiger partial charge in [-0.05, 0) is 6.92 Å². The fourth-order valence-corrected chi connectivity index (χ4v) is 2.27. The Labute approximate surface area is 101 Å². The number of nitrogens with zero attached hydrogens (tertiary/aromatic N) is 2. The van der Waals surface area contributed by atoms with Crippen molar-refractivity contribution in [3.63, 3.8) is 0 Å². The summed E-state index contributed by atoms with van der Waals surface area (Å²) in [6.45, 7) is 5.81. The van der Waals surface area contributed by atoms with Gasteiger partial charge in [-0.2, -0.15) is 0 Å². The lowest BCUT2D eigenvalue weighted by Gasteiger charge is -2.32. The second-order valence-electron chi connectivity index (χ2n) is 4.28. The van der Waals surface area contributed by atoms with Crippen molar-refractivity contribution in [1.82, 2.24) is 10.2 Å². The summed E-state index contributed by atoms with van der Waals surface area (Å²) in [6.07, 6.45) is 0. The number of nitro groups is 1. The second kappa shape index (κ2) is 5.25. The highest BCUT2D eigenvalue weighted by Crippen LogP contribution is 2.28. The molecule has 1 saturated heterocycles. The first-order valence-corrected chi connectivity index (χ1v) is 5.88. The average molecular weight is 235 g/mol. The Kier molecular flexibility index (Phi) is 3.71. The molecule has 1 aromatic carbocycles. The average Bonchev–Trinajstić information content (AvgIpc) is 2.39. The van der Waals surface area contributed by atoms with Crippen molar-refractivity contribution in [1.29, 1.82) is 0 Å². The van der Waals surface area contributed by atoms with Gasteiger partial charge in [-0.25, -0.2) is 0 Å². The molecule has 5 heteroatoms.